The molecule has 0 amide bonds. The Morgan fingerprint density at radius 1 is 1.19 bits per heavy atom. The molecular formula is C19H29ClN4O2. The molecule has 7 heteroatoms. The Bertz CT molecular complexity index is 589. The Labute approximate surface area is 160 Å². The van der Waals surface area contributed by atoms with Crippen LogP contribution in [0.2, 0.25) is 5.02 Å². The summed E-state index contributed by atoms with van der Waals surface area (Å²) >= 11 is 5.97. The maximum atomic E-state index is 6.29. The summed E-state index contributed by atoms with van der Waals surface area (Å²) in [4.78, 5) is 9.25. The standard InChI is InChI=1S/C19H29ClN4O2/c1-25-15-19(6-12-26-13-7-19)14-22-18(21)24-10-8-23(9-11-24)17-4-2-16(20)3-5-17/h2-5H,6-15H2,1H3,(H2,21,22). The highest BCUT2D eigenvalue weighted by Gasteiger charge is 2.33. The molecule has 2 heterocycles. The fourth-order valence-electron chi connectivity index (χ4n) is 3.65. The number of halogens is 1. The van der Waals surface area contributed by atoms with Crippen LogP contribution in [0.4, 0.5) is 5.69 Å². The number of hydrogen-bond donors (Lipinski definition) is 1. The fourth-order valence-corrected chi connectivity index (χ4v) is 3.78. The molecule has 0 radical (unpaired) electrons. The van der Waals surface area contributed by atoms with Gasteiger partial charge in [0.15, 0.2) is 5.96 Å². The molecule has 1 aromatic carbocycles. The van der Waals surface area contributed by atoms with E-state index in [1.165, 1.54) is 5.69 Å². The number of anilines is 1. The fraction of sp³-hybridized carbons (Fsp3) is 0.632. The Hall–Kier alpha value is -1.50. The number of rotatable bonds is 5. The monoisotopic (exact) mass is 380 g/mol. The predicted molar refractivity (Wildman–Crippen MR) is 106 cm³/mol. The van der Waals surface area contributed by atoms with Gasteiger partial charge in [-0.15, -0.1) is 0 Å². The lowest BCUT2D eigenvalue weighted by atomic mass is 9.81. The van der Waals surface area contributed by atoms with Crippen molar-refractivity contribution in [3.05, 3.63) is 29.3 Å². The summed E-state index contributed by atoms with van der Waals surface area (Å²) in [6.07, 6.45) is 1.95. The molecule has 0 saturated carbocycles. The van der Waals surface area contributed by atoms with Crippen LogP contribution in [0.3, 0.4) is 0 Å². The summed E-state index contributed by atoms with van der Waals surface area (Å²) in [7, 11) is 1.75. The summed E-state index contributed by atoms with van der Waals surface area (Å²) in [6.45, 7) is 6.56. The zero-order chi connectivity index (χ0) is 18.4. The lowest BCUT2D eigenvalue weighted by Gasteiger charge is -2.38. The molecule has 0 bridgehead atoms. The van der Waals surface area contributed by atoms with Gasteiger partial charge in [0, 0.05) is 62.6 Å². The van der Waals surface area contributed by atoms with Gasteiger partial charge in [-0.1, -0.05) is 11.6 Å². The minimum atomic E-state index is 0.0583. The van der Waals surface area contributed by atoms with Crippen LogP contribution in [0.15, 0.2) is 29.3 Å². The van der Waals surface area contributed by atoms with Crippen LogP contribution in [-0.2, 0) is 9.47 Å². The molecule has 1 aromatic rings. The minimum Gasteiger partial charge on any atom is -0.384 e. The Balaban J connectivity index is 1.54. The van der Waals surface area contributed by atoms with Crippen molar-refractivity contribution in [1.82, 2.24) is 4.90 Å². The summed E-state index contributed by atoms with van der Waals surface area (Å²) in [5.74, 6) is 0.641. The lowest BCUT2D eigenvalue weighted by Crippen LogP contribution is -2.51. The first-order chi connectivity index (χ1) is 12.6. The van der Waals surface area contributed by atoms with Crippen LogP contribution >= 0.6 is 11.6 Å². The van der Waals surface area contributed by atoms with Crippen LogP contribution in [-0.4, -0.2) is 70.5 Å². The zero-order valence-electron chi connectivity index (χ0n) is 15.5. The first-order valence-corrected chi connectivity index (χ1v) is 9.62. The van der Waals surface area contributed by atoms with Crippen LogP contribution in [0.25, 0.3) is 0 Å². The van der Waals surface area contributed by atoms with Crippen LogP contribution in [0, 0.1) is 5.41 Å². The van der Waals surface area contributed by atoms with Gasteiger partial charge in [-0.2, -0.15) is 0 Å². The summed E-state index contributed by atoms with van der Waals surface area (Å²) in [6, 6.07) is 7.99. The van der Waals surface area contributed by atoms with E-state index in [1.54, 1.807) is 7.11 Å². The Morgan fingerprint density at radius 2 is 1.85 bits per heavy atom. The highest BCUT2D eigenvalue weighted by Crippen LogP contribution is 2.31. The smallest absolute Gasteiger partial charge is 0.191 e. The number of ether oxygens (including phenoxy) is 2. The zero-order valence-corrected chi connectivity index (χ0v) is 16.2. The van der Waals surface area contributed by atoms with Crippen molar-refractivity contribution in [1.29, 1.82) is 0 Å². The number of nitrogens with two attached hydrogens (primary N) is 1. The van der Waals surface area contributed by atoms with E-state index < -0.39 is 0 Å². The topological polar surface area (TPSA) is 63.3 Å². The van der Waals surface area contributed by atoms with Gasteiger partial charge in [-0.25, -0.2) is 0 Å². The predicted octanol–water partition coefficient (Wildman–Crippen LogP) is 2.22. The van der Waals surface area contributed by atoms with Crippen molar-refractivity contribution in [3.8, 4) is 0 Å². The second-order valence-corrected chi connectivity index (χ2v) is 7.61. The summed E-state index contributed by atoms with van der Waals surface area (Å²) in [5.41, 5.74) is 7.55. The number of aliphatic imine (C=N–C) groups is 1. The third-order valence-electron chi connectivity index (χ3n) is 5.38. The number of nitrogens with zero attached hydrogens (tertiary/aromatic N) is 3. The van der Waals surface area contributed by atoms with E-state index in [0.29, 0.717) is 19.1 Å². The van der Waals surface area contributed by atoms with Gasteiger partial charge in [0.2, 0.25) is 0 Å². The molecular weight excluding hydrogens is 352 g/mol. The van der Waals surface area contributed by atoms with E-state index >= 15 is 0 Å². The van der Waals surface area contributed by atoms with E-state index in [1.807, 2.05) is 12.1 Å². The van der Waals surface area contributed by atoms with Crippen molar-refractivity contribution in [2.24, 2.45) is 16.1 Å². The maximum absolute atomic E-state index is 6.29. The molecule has 2 saturated heterocycles. The van der Waals surface area contributed by atoms with E-state index in [9.17, 15) is 0 Å². The van der Waals surface area contributed by atoms with Gasteiger partial charge >= 0.3 is 0 Å². The number of piperazine rings is 1. The van der Waals surface area contributed by atoms with Gasteiger partial charge < -0.3 is 25.0 Å². The van der Waals surface area contributed by atoms with E-state index in [0.717, 1.165) is 57.3 Å². The molecule has 2 N–H and O–H groups in total. The average molecular weight is 381 g/mol. The van der Waals surface area contributed by atoms with Crippen LogP contribution in [0.1, 0.15) is 12.8 Å². The highest BCUT2D eigenvalue weighted by atomic mass is 35.5. The maximum Gasteiger partial charge on any atom is 0.191 e. The second kappa shape index (κ2) is 8.93. The Morgan fingerprint density at radius 3 is 2.46 bits per heavy atom. The molecule has 2 aliphatic heterocycles. The number of benzene rings is 1. The molecule has 26 heavy (non-hydrogen) atoms. The summed E-state index contributed by atoms with van der Waals surface area (Å²) < 4.78 is 10.9. The van der Waals surface area contributed by atoms with Crippen molar-refractivity contribution in [2.45, 2.75) is 12.8 Å². The normalized spacial score (nSPS) is 21.1. The van der Waals surface area contributed by atoms with E-state index in [-0.39, 0.29) is 5.41 Å². The van der Waals surface area contributed by atoms with Gasteiger partial charge in [0.25, 0.3) is 0 Å². The third-order valence-corrected chi connectivity index (χ3v) is 5.63. The van der Waals surface area contributed by atoms with Gasteiger partial charge in [-0.05, 0) is 37.1 Å². The van der Waals surface area contributed by atoms with Crippen molar-refractivity contribution < 1.29 is 9.47 Å². The quantitative estimate of drug-likeness (QED) is 0.626. The first-order valence-electron chi connectivity index (χ1n) is 9.24. The molecule has 2 aliphatic rings. The first kappa shape index (κ1) is 19.3. The van der Waals surface area contributed by atoms with Crippen LogP contribution < -0.4 is 10.6 Å². The van der Waals surface area contributed by atoms with E-state index in [4.69, 9.17) is 31.8 Å². The summed E-state index contributed by atoms with van der Waals surface area (Å²) in [5, 5.41) is 0.766. The van der Waals surface area contributed by atoms with E-state index in [2.05, 4.69) is 21.9 Å². The molecule has 0 aromatic heterocycles. The largest absolute Gasteiger partial charge is 0.384 e. The van der Waals surface area contributed by atoms with Gasteiger partial charge in [0.05, 0.1) is 13.2 Å². The van der Waals surface area contributed by atoms with Crippen molar-refractivity contribution in [3.63, 3.8) is 0 Å². The van der Waals surface area contributed by atoms with Crippen LogP contribution in [0.5, 0.6) is 0 Å². The van der Waals surface area contributed by atoms with Crippen molar-refractivity contribution in [2.75, 3.05) is 64.6 Å². The molecule has 0 atom stereocenters. The average Bonchev–Trinajstić information content (AvgIpc) is 2.68. The molecule has 6 nitrogen and oxygen atoms in total. The molecule has 0 spiro atoms. The second-order valence-electron chi connectivity index (χ2n) is 7.17. The SMILES string of the molecule is COCC1(CN=C(N)N2CCN(c3ccc(Cl)cc3)CC2)CCOCC1. The number of guanidine groups is 1. The molecule has 0 unspecified atom stereocenters. The van der Waals surface area contributed by atoms with Gasteiger partial charge in [-0.3, -0.25) is 4.99 Å². The minimum absolute atomic E-state index is 0.0583. The van der Waals surface area contributed by atoms with Gasteiger partial charge in [0.1, 0.15) is 0 Å². The molecule has 0 aliphatic carbocycles. The molecule has 2 fully saturated rings. The van der Waals surface area contributed by atoms with Crippen molar-refractivity contribution >= 4 is 23.2 Å². The Kier molecular flexibility index (Phi) is 6.62. The number of hydrogen-bond acceptors (Lipinski definition) is 4. The third kappa shape index (κ3) is 4.81. The molecule has 144 valence electrons. The highest BCUT2D eigenvalue weighted by molar-refractivity contribution is 6.30. The number of methoxy groups -OCH3 is 1. The lowest BCUT2D eigenvalue weighted by molar-refractivity contribution is -0.0224. The molecule has 3 rings (SSSR count).